The number of rotatable bonds is 5. The average Bonchev–Trinajstić information content (AvgIpc) is 2.48. The fourth-order valence-electron chi connectivity index (χ4n) is 1.85. The van der Waals surface area contributed by atoms with Crippen molar-refractivity contribution >= 4 is 5.82 Å². The normalized spacial score (nSPS) is 10.5. The number of nitrogens with zero attached hydrogens (tertiary/aromatic N) is 2. The summed E-state index contributed by atoms with van der Waals surface area (Å²) in [4.78, 5) is 8.21. The van der Waals surface area contributed by atoms with Gasteiger partial charge in [-0.25, -0.2) is 18.7 Å². The lowest BCUT2D eigenvalue weighted by Crippen LogP contribution is -2.08. The van der Waals surface area contributed by atoms with E-state index in [1.54, 1.807) is 13.0 Å². The lowest BCUT2D eigenvalue weighted by molar-refractivity contribution is 0.386. The van der Waals surface area contributed by atoms with E-state index in [1.807, 2.05) is 6.92 Å². The van der Waals surface area contributed by atoms with Gasteiger partial charge in [-0.2, -0.15) is 0 Å². The zero-order valence-electron chi connectivity index (χ0n) is 12.2. The number of methoxy groups -OCH3 is 1. The molecule has 1 N–H and O–H groups in total. The first-order chi connectivity index (χ1) is 10.1. The summed E-state index contributed by atoms with van der Waals surface area (Å²) >= 11 is 0. The lowest BCUT2D eigenvalue weighted by atomic mass is 10.2. The lowest BCUT2D eigenvalue weighted by Gasteiger charge is -2.10. The van der Waals surface area contributed by atoms with E-state index in [1.165, 1.54) is 19.2 Å². The molecule has 2 rings (SSSR count). The SMILES string of the molecule is CCCNc1nc(-c2ccc(OC)c(F)c2)nc(C)c1F. The number of hydrogen-bond acceptors (Lipinski definition) is 4. The number of ether oxygens (including phenoxy) is 1. The highest BCUT2D eigenvalue weighted by molar-refractivity contribution is 5.59. The quantitative estimate of drug-likeness (QED) is 0.915. The zero-order chi connectivity index (χ0) is 15.4. The molecule has 112 valence electrons. The summed E-state index contributed by atoms with van der Waals surface area (Å²) in [7, 11) is 1.39. The first kappa shape index (κ1) is 15.2. The van der Waals surface area contributed by atoms with E-state index >= 15 is 0 Å². The third kappa shape index (κ3) is 3.26. The Bertz CT molecular complexity index is 647. The van der Waals surface area contributed by atoms with Gasteiger partial charge in [0.25, 0.3) is 0 Å². The van der Waals surface area contributed by atoms with Crippen LogP contribution in [0.25, 0.3) is 11.4 Å². The summed E-state index contributed by atoms with van der Waals surface area (Å²) < 4.78 is 32.6. The molecule has 0 spiro atoms. The van der Waals surface area contributed by atoms with E-state index < -0.39 is 11.6 Å². The topological polar surface area (TPSA) is 47.0 Å². The summed E-state index contributed by atoms with van der Waals surface area (Å²) in [5, 5.41) is 2.91. The molecule has 0 fully saturated rings. The van der Waals surface area contributed by atoms with Crippen LogP contribution in [-0.2, 0) is 0 Å². The molecule has 0 atom stereocenters. The van der Waals surface area contributed by atoms with Gasteiger partial charge in [0.05, 0.1) is 12.8 Å². The molecule has 0 amide bonds. The maximum absolute atomic E-state index is 13.9. The predicted octanol–water partition coefficient (Wildman–Crippen LogP) is 3.56. The summed E-state index contributed by atoms with van der Waals surface area (Å²) in [5.74, 6) is -0.448. The van der Waals surface area contributed by atoms with E-state index in [9.17, 15) is 8.78 Å². The minimum absolute atomic E-state index is 0.135. The molecule has 6 heteroatoms. The Balaban J connectivity index is 2.43. The van der Waals surface area contributed by atoms with Gasteiger partial charge in [0.2, 0.25) is 0 Å². The van der Waals surface area contributed by atoms with Crippen LogP contribution in [0.2, 0.25) is 0 Å². The summed E-state index contributed by atoms with van der Waals surface area (Å²) in [5.41, 5.74) is 0.686. The molecule has 1 heterocycles. The number of hydrogen-bond donors (Lipinski definition) is 1. The number of aryl methyl sites for hydroxylation is 1. The number of anilines is 1. The number of benzene rings is 1. The molecular weight excluding hydrogens is 276 g/mol. The van der Waals surface area contributed by atoms with Crippen molar-refractivity contribution in [2.24, 2.45) is 0 Å². The van der Waals surface area contributed by atoms with Gasteiger partial charge in [-0.05, 0) is 31.5 Å². The van der Waals surface area contributed by atoms with Gasteiger partial charge in [0.15, 0.2) is 29.0 Å². The van der Waals surface area contributed by atoms with E-state index in [4.69, 9.17) is 4.74 Å². The second kappa shape index (κ2) is 6.47. The van der Waals surface area contributed by atoms with Crippen LogP contribution in [0, 0.1) is 18.6 Å². The Labute approximate surface area is 122 Å². The third-order valence-corrected chi connectivity index (χ3v) is 2.97. The molecule has 0 saturated heterocycles. The Morgan fingerprint density at radius 1 is 1.24 bits per heavy atom. The first-order valence-corrected chi connectivity index (χ1v) is 6.68. The van der Waals surface area contributed by atoms with Crippen molar-refractivity contribution in [2.75, 3.05) is 19.0 Å². The third-order valence-electron chi connectivity index (χ3n) is 2.97. The van der Waals surface area contributed by atoms with Crippen LogP contribution < -0.4 is 10.1 Å². The summed E-state index contributed by atoms with van der Waals surface area (Å²) in [6.45, 7) is 4.13. The number of nitrogens with one attached hydrogen (secondary N) is 1. The standard InChI is InChI=1S/C15H17F2N3O/c1-4-7-18-15-13(17)9(2)19-14(20-15)10-5-6-12(21-3)11(16)8-10/h5-6,8H,4,7H2,1-3H3,(H,18,19,20). The molecule has 0 aliphatic rings. The van der Waals surface area contributed by atoms with Crippen LogP contribution in [0.5, 0.6) is 5.75 Å². The predicted molar refractivity (Wildman–Crippen MR) is 77.5 cm³/mol. The Kier molecular flexibility index (Phi) is 4.67. The fourth-order valence-corrected chi connectivity index (χ4v) is 1.85. The molecule has 0 radical (unpaired) electrons. The highest BCUT2D eigenvalue weighted by Crippen LogP contribution is 2.25. The largest absolute Gasteiger partial charge is 0.494 e. The van der Waals surface area contributed by atoms with Crippen LogP contribution in [0.3, 0.4) is 0 Å². The van der Waals surface area contributed by atoms with E-state index in [0.717, 1.165) is 6.42 Å². The molecule has 2 aromatic rings. The van der Waals surface area contributed by atoms with Crippen LogP contribution in [-0.4, -0.2) is 23.6 Å². The van der Waals surface area contributed by atoms with Gasteiger partial charge in [0.1, 0.15) is 0 Å². The van der Waals surface area contributed by atoms with E-state index in [0.29, 0.717) is 12.1 Å². The number of aromatic nitrogens is 2. The Morgan fingerprint density at radius 3 is 2.62 bits per heavy atom. The minimum atomic E-state index is -0.511. The second-order valence-corrected chi connectivity index (χ2v) is 4.57. The molecule has 0 aliphatic carbocycles. The highest BCUT2D eigenvalue weighted by Gasteiger charge is 2.14. The molecule has 1 aromatic heterocycles. The molecule has 21 heavy (non-hydrogen) atoms. The van der Waals surface area contributed by atoms with Crippen molar-refractivity contribution in [3.8, 4) is 17.1 Å². The van der Waals surface area contributed by atoms with Crippen molar-refractivity contribution in [3.63, 3.8) is 0 Å². The fraction of sp³-hybridized carbons (Fsp3) is 0.333. The van der Waals surface area contributed by atoms with Gasteiger partial charge >= 0.3 is 0 Å². The van der Waals surface area contributed by atoms with Gasteiger partial charge in [-0.15, -0.1) is 0 Å². The van der Waals surface area contributed by atoms with Crippen LogP contribution in [0.15, 0.2) is 18.2 Å². The maximum atomic E-state index is 13.9. The van der Waals surface area contributed by atoms with Gasteiger partial charge < -0.3 is 10.1 Å². The smallest absolute Gasteiger partial charge is 0.186 e. The van der Waals surface area contributed by atoms with Crippen molar-refractivity contribution in [2.45, 2.75) is 20.3 Å². The van der Waals surface area contributed by atoms with E-state index in [-0.39, 0.29) is 23.1 Å². The second-order valence-electron chi connectivity index (χ2n) is 4.57. The Hall–Kier alpha value is -2.24. The molecule has 0 saturated carbocycles. The Morgan fingerprint density at radius 2 is 2.00 bits per heavy atom. The van der Waals surface area contributed by atoms with Gasteiger partial charge in [-0.3, -0.25) is 0 Å². The molecule has 1 aromatic carbocycles. The summed E-state index contributed by atoms with van der Waals surface area (Å²) in [6, 6.07) is 4.40. The van der Waals surface area contributed by atoms with Crippen molar-refractivity contribution in [1.82, 2.24) is 9.97 Å². The molecule has 0 aliphatic heterocycles. The van der Waals surface area contributed by atoms with Crippen molar-refractivity contribution < 1.29 is 13.5 Å². The number of halogens is 2. The zero-order valence-corrected chi connectivity index (χ0v) is 12.2. The average molecular weight is 293 g/mol. The molecule has 4 nitrogen and oxygen atoms in total. The van der Waals surface area contributed by atoms with Gasteiger partial charge in [0, 0.05) is 12.1 Å². The first-order valence-electron chi connectivity index (χ1n) is 6.68. The molecular formula is C15H17F2N3O. The maximum Gasteiger partial charge on any atom is 0.186 e. The van der Waals surface area contributed by atoms with E-state index in [2.05, 4.69) is 15.3 Å². The highest BCUT2D eigenvalue weighted by atomic mass is 19.1. The minimum Gasteiger partial charge on any atom is -0.494 e. The summed E-state index contributed by atoms with van der Waals surface area (Å²) in [6.07, 6.45) is 0.842. The van der Waals surface area contributed by atoms with Crippen LogP contribution in [0.1, 0.15) is 19.0 Å². The monoisotopic (exact) mass is 293 g/mol. The molecule has 0 unspecified atom stereocenters. The van der Waals surface area contributed by atoms with Crippen LogP contribution >= 0.6 is 0 Å². The van der Waals surface area contributed by atoms with Crippen LogP contribution in [0.4, 0.5) is 14.6 Å². The molecule has 0 bridgehead atoms. The van der Waals surface area contributed by atoms with Crippen molar-refractivity contribution in [3.05, 3.63) is 35.5 Å². The van der Waals surface area contributed by atoms with Crippen molar-refractivity contribution in [1.29, 1.82) is 0 Å². The van der Waals surface area contributed by atoms with Gasteiger partial charge in [-0.1, -0.05) is 6.92 Å².